The third kappa shape index (κ3) is 4.97. The minimum absolute atomic E-state index is 0.200. The first-order valence-corrected chi connectivity index (χ1v) is 10.5. The summed E-state index contributed by atoms with van der Waals surface area (Å²) in [6, 6.07) is 14.0. The third-order valence-electron chi connectivity index (χ3n) is 5.84. The molecule has 1 aromatic heterocycles. The fourth-order valence-corrected chi connectivity index (χ4v) is 5.34. The number of anilines is 2. The Balaban J connectivity index is 1.69. The molecule has 0 aliphatic heterocycles. The number of imidazole rings is 1. The Hall–Kier alpha value is -2.70. The predicted molar refractivity (Wildman–Crippen MR) is 117 cm³/mol. The van der Waals surface area contributed by atoms with E-state index in [0.717, 1.165) is 30.3 Å². The molecule has 1 N–H and O–H groups in total. The van der Waals surface area contributed by atoms with Crippen LogP contribution in [0.4, 0.5) is 24.8 Å². The Labute approximate surface area is 180 Å². The van der Waals surface area contributed by atoms with Crippen molar-refractivity contribution in [3.63, 3.8) is 0 Å². The summed E-state index contributed by atoms with van der Waals surface area (Å²) in [7, 11) is 0. The molecular weight excluding hydrogens is 403 g/mol. The zero-order chi connectivity index (χ0) is 22.4. The Morgan fingerprint density at radius 3 is 2.19 bits per heavy atom. The van der Waals surface area contributed by atoms with Crippen molar-refractivity contribution in [3.05, 3.63) is 48.5 Å². The lowest BCUT2D eigenvalue weighted by Gasteiger charge is -2.45. The SMILES string of the molecule is CC1(C)CC(n2c(Nc3ccc(OC(F)(F)F)cc3)nc3ccccc32)CC(C)(C)C1. The normalized spacial score (nSPS) is 18.8. The molecule has 0 amide bonds. The molecule has 1 fully saturated rings. The molecule has 1 aliphatic carbocycles. The van der Waals surface area contributed by atoms with E-state index >= 15 is 0 Å². The van der Waals surface area contributed by atoms with Crippen LogP contribution in [0.5, 0.6) is 5.75 Å². The lowest BCUT2D eigenvalue weighted by atomic mass is 9.63. The molecule has 4 rings (SSSR count). The van der Waals surface area contributed by atoms with Gasteiger partial charge in [-0.15, -0.1) is 13.2 Å². The van der Waals surface area contributed by atoms with E-state index < -0.39 is 6.36 Å². The Morgan fingerprint density at radius 2 is 1.58 bits per heavy atom. The van der Waals surface area contributed by atoms with E-state index in [1.54, 1.807) is 12.1 Å². The number of nitrogens with zero attached hydrogens (tertiary/aromatic N) is 2. The highest BCUT2D eigenvalue weighted by molar-refractivity contribution is 5.80. The number of halogens is 3. The maximum Gasteiger partial charge on any atom is 0.573 e. The second kappa shape index (κ2) is 7.46. The van der Waals surface area contributed by atoms with Gasteiger partial charge in [-0.2, -0.15) is 0 Å². The zero-order valence-electron chi connectivity index (χ0n) is 18.3. The van der Waals surface area contributed by atoms with Gasteiger partial charge in [0.1, 0.15) is 5.75 Å². The van der Waals surface area contributed by atoms with Gasteiger partial charge in [-0.25, -0.2) is 4.98 Å². The summed E-state index contributed by atoms with van der Waals surface area (Å²) in [4.78, 5) is 4.80. The van der Waals surface area contributed by atoms with Crippen molar-refractivity contribution in [1.82, 2.24) is 9.55 Å². The molecule has 166 valence electrons. The van der Waals surface area contributed by atoms with Gasteiger partial charge in [0.25, 0.3) is 0 Å². The second-order valence-electron chi connectivity index (χ2n) is 10.1. The van der Waals surface area contributed by atoms with Crippen molar-refractivity contribution in [1.29, 1.82) is 0 Å². The van der Waals surface area contributed by atoms with Crippen molar-refractivity contribution in [2.75, 3.05) is 5.32 Å². The van der Waals surface area contributed by atoms with Gasteiger partial charge in [0.05, 0.1) is 11.0 Å². The number of para-hydroxylation sites is 2. The van der Waals surface area contributed by atoms with E-state index in [1.165, 1.54) is 12.1 Å². The van der Waals surface area contributed by atoms with E-state index in [4.69, 9.17) is 4.98 Å². The Morgan fingerprint density at radius 1 is 0.968 bits per heavy atom. The molecule has 7 heteroatoms. The van der Waals surface area contributed by atoms with Crippen LogP contribution in [0.15, 0.2) is 48.5 Å². The molecule has 3 aromatic rings. The average Bonchev–Trinajstić information content (AvgIpc) is 2.97. The van der Waals surface area contributed by atoms with Crippen LogP contribution in [0.25, 0.3) is 11.0 Å². The number of rotatable bonds is 4. The van der Waals surface area contributed by atoms with E-state index in [0.29, 0.717) is 11.6 Å². The highest BCUT2D eigenvalue weighted by Gasteiger charge is 2.40. The van der Waals surface area contributed by atoms with Crippen molar-refractivity contribution in [2.24, 2.45) is 10.8 Å². The van der Waals surface area contributed by atoms with Gasteiger partial charge in [-0.3, -0.25) is 0 Å². The average molecular weight is 432 g/mol. The summed E-state index contributed by atoms with van der Waals surface area (Å²) in [6.45, 7) is 9.25. The molecule has 2 aromatic carbocycles. The summed E-state index contributed by atoms with van der Waals surface area (Å²) in [5, 5.41) is 3.32. The number of alkyl halides is 3. The highest BCUT2D eigenvalue weighted by Crippen LogP contribution is 2.51. The Bertz CT molecular complexity index is 1050. The van der Waals surface area contributed by atoms with Crippen molar-refractivity contribution in [2.45, 2.75) is 59.4 Å². The van der Waals surface area contributed by atoms with Crippen LogP contribution >= 0.6 is 0 Å². The van der Waals surface area contributed by atoms with Crippen LogP contribution < -0.4 is 10.1 Å². The summed E-state index contributed by atoms with van der Waals surface area (Å²) in [5.41, 5.74) is 3.00. The molecular formula is C24H28F3N3O. The standard InChI is InChI=1S/C24H28F3N3O/c1-22(2)13-17(14-23(3,4)15-22)30-20-8-6-5-7-19(20)29-21(30)28-16-9-11-18(12-10-16)31-24(25,26)27/h5-12,17H,13-15H2,1-4H3,(H,28,29). The summed E-state index contributed by atoms with van der Waals surface area (Å²) >= 11 is 0. The largest absolute Gasteiger partial charge is 0.573 e. The number of hydrogen-bond donors (Lipinski definition) is 1. The van der Waals surface area contributed by atoms with Crippen LogP contribution in [0.3, 0.4) is 0 Å². The zero-order valence-corrected chi connectivity index (χ0v) is 18.3. The maximum absolute atomic E-state index is 12.4. The molecule has 0 spiro atoms. The molecule has 0 unspecified atom stereocenters. The van der Waals surface area contributed by atoms with Crippen molar-refractivity contribution in [3.8, 4) is 5.75 Å². The molecule has 31 heavy (non-hydrogen) atoms. The van der Waals surface area contributed by atoms with E-state index in [9.17, 15) is 13.2 Å². The lowest BCUT2D eigenvalue weighted by molar-refractivity contribution is -0.274. The number of benzene rings is 2. The first kappa shape index (κ1) is 21.5. The molecule has 1 aliphatic rings. The van der Waals surface area contributed by atoms with Crippen LogP contribution in [0.1, 0.15) is 53.0 Å². The monoisotopic (exact) mass is 431 g/mol. The molecule has 0 saturated heterocycles. The number of fused-ring (bicyclic) bond motifs is 1. The molecule has 1 heterocycles. The van der Waals surface area contributed by atoms with Crippen molar-refractivity contribution < 1.29 is 17.9 Å². The lowest BCUT2D eigenvalue weighted by Crippen LogP contribution is -2.35. The van der Waals surface area contributed by atoms with Gasteiger partial charge in [0.15, 0.2) is 0 Å². The van der Waals surface area contributed by atoms with Crippen LogP contribution in [0.2, 0.25) is 0 Å². The van der Waals surface area contributed by atoms with Gasteiger partial charge >= 0.3 is 6.36 Å². The van der Waals surface area contributed by atoms with Gasteiger partial charge in [-0.1, -0.05) is 39.8 Å². The minimum atomic E-state index is -4.70. The minimum Gasteiger partial charge on any atom is -0.406 e. The fraction of sp³-hybridized carbons (Fsp3) is 0.458. The molecule has 4 nitrogen and oxygen atoms in total. The number of aromatic nitrogens is 2. The first-order chi connectivity index (χ1) is 14.4. The van der Waals surface area contributed by atoms with Crippen LogP contribution in [0, 0.1) is 10.8 Å². The maximum atomic E-state index is 12.4. The number of nitrogens with one attached hydrogen (secondary N) is 1. The molecule has 0 bridgehead atoms. The van der Waals surface area contributed by atoms with Crippen molar-refractivity contribution >= 4 is 22.7 Å². The van der Waals surface area contributed by atoms with Crippen LogP contribution in [-0.4, -0.2) is 15.9 Å². The van der Waals surface area contributed by atoms with Crippen LogP contribution in [-0.2, 0) is 0 Å². The number of ether oxygens (including phenoxy) is 1. The highest BCUT2D eigenvalue weighted by atomic mass is 19.4. The molecule has 1 saturated carbocycles. The number of hydrogen-bond acceptors (Lipinski definition) is 3. The quantitative estimate of drug-likeness (QED) is 0.466. The first-order valence-electron chi connectivity index (χ1n) is 10.5. The second-order valence-corrected chi connectivity index (χ2v) is 10.1. The Kier molecular flexibility index (Phi) is 5.18. The smallest absolute Gasteiger partial charge is 0.406 e. The molecule has 0 atom stereocenters. The van der Waals surface area contributed by atoms with E-state index in [1.807, 2.05) is 18.2 Å². The topological polar surface area (TPSA) is 39.1 Å². The predicted octanol–water partition coefficient (Wildman–Crippen LogP) is 7.46. The summed E-state index contributed by atoms with van der Waals surface area (Å²) < 4.78 is 43.6. The molecule has 0 radical (unpaired) electrons. The van der Waals surface area contributed by atoms with Gasteiger partial charge < -0.3 is 14.6 Å². The fourth-order valence-electron chi connectivity index (χ4n) is 5.34. The van der Waals surface area contributed by atoms with Gasteiger partial charge in [0.2, 0.25) is 5.95 Å². The van der Waals surface area contributed by atoms with Gasteiger partial charge in [0, 0.05) is 11.7 Å². The summed E-state index contributed by atoms with van der Waals surface area (Å²) in [5.74, 6) is 0.450. The summed E-state index contributed by atoms with van der Waals surface area (Å²) in [6.07, 6.45) is -1.48. The van der Waals surface area contributed by atoms with Gasteiger partial charge in [-0.05, 0) is 66.5 Å². The van der Waals surface area contributed by atoms with E-state index in [-0.39, 0.29) is 22.6 Å². The third-order valence-corrected chi connectivity index (χ3v) is 5.84. The van der Waals surface area contributed by atoms with E-state index in [2.05, 4.69) is 48.4 Å².